The minimum atomic E-state index is -1.50. The first-order chi connectivity index (χ1) is 75.0. The number of benzene rings is 12. The van der Waals surface area contributed by atoms with Gasteiger partial charge in [-0.3, -0.25) is 0 Å². The van der Waals surface area contributed by atoms with Crippen molar-refractivity contribution in [1.29, 1.82) is 0 Å². The molecule has 4 aromatic heterocycles. The molecule has 140 heavy (non-hydrogen) atoms. The highest BCUT2D eigenvalue weighted by molar-refractivity contribution is 7.30. The molecule has 704 valence electrons. The van der Waals surface area contributed by atoms with Crippen molar-refractivity contribution < 1.29 is 28.8 Å². The molecule has 10 heteroatoms. The molecule has 0 saturated heterocycles. The Balaban J connectivity index is 0.000000169. The molecular weight excluding hydrogens is 1730 g/mol. The molecule has 0 spiro atoms. The van der Waals surface area contributed by atoms with E-state index in [0.717, 1.165) is 23.3 Å². The number of fused-ring (bicyclic) bond motifs is 22. The summed E-state index contributed by atoms with van der Waals surface area (Å²) in [6.07, 6.45) is 7.85. The van der Waals surface area contributed by atoms with Gasteiger partial charge in [0.2, 0.25) is 0 Å². The van der Waals surface area contributed by atoms with E-state index in [2.05, 4.69) is 257 Å². The van der Waals surface area contributed by atoms with Gasteiger partial charge in [-0.1, -0.05) is 337 Å². The van der Waals surface area contributed by atoms with Gasteiger partial charge in [-0.05, 0) is 280 Å². The second-order valence-electron chi connectivity index (χ2n) is 50.3. The summed E-state index contributed by atoms with van der Waals surface area (Å²) in [5.41, 5.74) is 17.8. The van der Waals surface area contributed by atoms with Gasteiger partial charge in [0, 0.05) is 120 Å². The van der Waals surface area contributed by atoms with Crippen LogP contribution in [0.15, 0.2) is 254 Å². The molecule has 12 aliphatic rings. The van der Waals surface area contributed by atoms with E-state index in [1.807, 2.05) is 20.8 Å². The Labute approximate surface area is 871 Å². The van der Waals surface area contributed by atoms with Crippen LogP contribution in [0.2, 0.25) is 0 Å². The maximum atomic E-state index is 11.4. The second kappa shape index (κ2) is 29.6. The molecule has 8 aliphatic carbocycles. The van der Waals surface area contributed by atoms with E-state index in [-0.39, 0.29) is 141 Å². The molecule has 0 amide bonds. The SMILES string of the molecule is CC(C)(C)c1ccc(N2c3ccc(C(C)(C)C)cc3B3c4sc5c(c4N(c4ccc(C(C)(C)C)cc4)c4cc(-n6c7c(c8ccccc86)C(C)(C)c6ccccc6-7)cc2c43)C2(C)CCC5(C)CC2)cc1.[2H]c1c([2H])c([2H])c2c(c1[2H])-c1c(c3c([2H])c([2H])c([2H])c([2H])c3n1-c1c([2H])c3c4c(c1[2H])N(c1c([2H])c([2H])c(C(C)(C)C)c([2H])c1[2H])c1c(sc5c1C1(C)CCC5(C)CC1)B4c1c([2H])c(C(C)(C)C)c([2H])c([2H])c1N3c1c([2H])c([2H])c(C(C)(C)C)c([2H])c1[2H])C2(C)C. The standard InChI is InChI=1S/2C65H68BN3S/c2*1-60(2,3)39-22-27-42(28-23-39)67-50-31-26-41(62(7,8)9)36-48(50)66-55-51(67)37-44(69-49-21-17-15-19-46(49)53-56(69)45-18-14-16-20-47(45)63(53,10)11)38-52(55)68(43-29-24-40(25-30-43)61(4,5)6)57-54-58(70-59(57)66)65(13)34-32-64(54,12)33-35-65/h2*14-31,36-38H,32-35H2,1-13H3/i14D,15D,16D,17D,18D,19D,20D,21D,22D,23D,24D,25D,26D,27D,28D,29D,30D,31D,36D,37D,38D;. The number of anilines is 12. The van der Waals surface area contributed by atoms with Gasteiger partial charge < -0.3 is 28.7 Å². The Morgan fingerprint density at radius 2 is 0.714 bits per heavy atom. The molecule has 0 unspecified atom stereocenters. The summed E-state index contributed by atoms with van der Waals surface area (Å²) >= 11 is 3.59. The monoisotopic (exact) mass is 1890 g/mol. The largest absolute Gasteiger partial charge is 0.311 e. The van der Waals surface area contributed by atoms with Crippen molar-refractivity contribution in [2.45, 2.75) is 296 Å². The van der Waals surface area contributed by atoms with Crippen LogP contribution in [0.4, 0.5) is 68.2 Å². The molecule has 28 rings (SSSR count). The van der Waals surface area contributed by atoms with Crippen LogP contribution in [0, 0.1) is 0 Å². The van der Waals surface area contributed by atoms with Gasteiger partial charge in [-0.15, -0.1) is 0 Å². The molecule has 2 fully saturated rings. The molecule has 4 bridgehead atoms. The quantitative estimate of drug-likeness (QED) is 0.155. The molecule has 0 atom stereocenters. The van der Waals surface area contributed by atoms with Crippen LogP contribution in [-0.4, -0.2) is 22.6 Å². The van der Waals surface area contributed by atoms with Crippen LogP contribution in [0.5, 0.6) is 0 Å². The number of para-hydroxylation sites is 2. The highest BCUT2D eigenvalue weighted by Gasteiger charge is 2.59. The summed E-state index contributed by atoms with van der Waals surface area (Å²) in [5.74, 6) is 0. The van der Waals surface area contributed by atoms with Crippen LogP contribution < -0.4 is 51.0 Å². The van der Waals surface area contributed by atoms with Crippen molar-refractivity contribution in [2.24, 2.45) is 0 Å². The molecule has 6 nitrogen and oxygen atoms in total. The molecule has 8 heterocycles. The lowest BCUT2D eigenvalue weighted by atomic mass is 9.35. The minimum Gasteiger partial charge on any atom is -0.311 e. The van der Waals surface area contributed by atoms with Gasteiger partial charge in [0.05, 0.1) is 74.0 Å². The Hall–Kier alpha value is -11.6. The van der Waals surface area contributed by atoms with Crippen LogP contribution in [0.25, 0.3) is 55.7 Å². The fourth-order valence-electron chi connectivity index (χ4n) is 25.6. The first-order valence-corrected chi connectivity index (χ1v) is 52.2. The zero-order valence-corrected chi connectivity index (χ0v) is 87.6. The lowest BCUT2D eigenvalue weighted by Gasteiger charge is -2.51. The number of nitrogens with zero attached hydrogens (tertiary/aromatic N) is 6. The van der Waals surface area contributed by atoms with Crippen LogP contribution >= 0.6 is 22.7 Å². The molecule has 0 radical (unpaired) electrons. The molecule has 16 aromatic rings. The average Bonchev–Trinajstić information content (AvgIpc) is 1.56. The van der Waals surface area contributed by atoms with E-state index in [4.69, 9.17) is 4.11 Å². The normalized spacial score (nSPS) is 22.7. The summed E-state index contributed by atoms with van der Waals surface area (Å²) in [4.78, 5) is 10.7. The Morgan fingerprint density at radius 1 is 0.293 bits per heavy atom. The zero-order chi connectivity index (χ0) is 116. The summed E-state index contributed by atoms with van der Waals surface area (Å²) in [6, 6.07) is 39.0. The summed E-state index contributed by atoms with van der Waals surface area (Å²) in [6.45, 7) is 53.6. The third kappa shape index (κ3) is 12.8. The number of hydrogen-bond donors (Lipinski definition) is 0. The summed E-state index contributed by atoms with van der Waals surface area (Å²) in [5, 5.41) is 1.20. The maximum absolute atomic E-state index is 11.4. The molecule has 2 saturated carbocycles. The van der Waals surface area contributed by atoms with Gasteiger partial charge in [-0.25, -0.2) is 0 Å². The highest BCUT2D eigenvalue weighted by Crippen LogP contribution is 2.67. The molecule has 12 aromatic carbocycles. The average molecular weight is 1890 g/mol. The van der Waals surface area contributed by atoms with Crippen LogP contribution in [0.3, 0.4) is 0 Å². The molecular formula is C130H136B2N6S2. The third-order valence-corrected chi connectivity index (χ3v) is 37.0. The van der Waals surface area contributed by atoms with Crippen molar-refractivity contribution in [1.82, 2.24) is 9.13 Å². The fraction of sp³-hybridized carbons (Fsp3) is 0.354. The van der Waals surface area contributed by atoms with Gasteiger partial charge in [0.25, 0.3) is 13.4 Å². The fourth-order valence-corrected chi connectivity index (χ4v) is 29.2. The predicted octanol–water partition coefficient (Wildman–Crippen LogP) is 32.2. The highest BCUT2D eigenvalue weighted by atomic mass is 32.1. The lowest BCUT2D eigenvalue weighted by Crippen LogP contribution is -2.61. The predicted molar refractivity (Wildman–Crippen MR) is 604 cm³/mol. The summed E-state index contributed by atoms with van der Waals surface area (Å²) < 4.78 is 216. The Kier molecular flexibility index (Phi) is 14.7. The van der Waals surface area contributed by atoms with Gasteiger partial charge in [0.15, 0.2) is 0 Å². The number of aromatic nitrogens is 2. The topological polar surface area (TPSA) is 22.8 Å². The smallest absolute Gasteiger partial charge is 0.264 e. The van der Waals surface area contributed by atoms with E-state index in [9.17, 15) is 24.7 Å². The van der Waals surface area contributed by atoms with Gasteiger partial charge in [0.1, 0.15) is 0 Å². The molecule has 4 aliphatic heterocycles. The minimum absolute atomic E-state index is 0.00309. The van der Waals surface area contributed by atoms with Gasteiger partial charge in [-0.2, -0.15) is 22.7 Å². The van der Waals surface area contributed by atoms with E-state index in [1.54, 1.807) is 70.7 Å². The second-order valence-corrected chi connectivity index (χ2v) is 52.4. The maximum Gasteiger partial charge on any atom is 0.264 e. The molecule has 0 N–H and O–H groups in total. The number of hydrogen-bond acceptors (Lipinski definition) is 6. The van der Waals surface area contributed by atoms with Crippen molar-refractivity contribution in [3.8, 4) is 33.9 Å². The number of rotatable bonds is 6. The first kappa shape index (κ1) is 69.4. The van der Waals surface area contributed by atoms with Crippen LogP contribution in [0.1, 0.15) is 337 Å². The van der Waals surface area contributed by atoms with E-state index < -0.39 is 159 Å². The van der Waals surface area contributed by atoms with Gasteiger partial charge >= 0.3 is 0 Å². The van der Waals surface area contributed by atoms with Crippen molar-refractivity contribution in [3.63, 3.8) is 0 Å². The first-order valence-electron chi connectivity index (χ1n) is 61.1. The third-order valence-electron chi connectivity index (χ3n) is 33.9. The lowest BCUT2D eigenvalue weighted by molar-refractivity contribution is 0.193. The van der Waals surface area contributed by atoms with E-state index in [0.29, 0.717) is 23.3 Å². The van der Waals surface area contributed by atoms with Crippen molar-refractivity contribution in [2.75, 3.05) is 19.6 Å². The van der Waals surface area contributed by atoms with E-state index >= 15 is 0 Å². The summed E-state index contributed by atoms with van der Waals surface area (Å²) in [7, 11) is 0. The zero-order valence-electron chi connectivity index (χ0n) is 107. The number of thiophene rings is 2. The Morgan fingerprint density at radius 3 is 1.28 bits per heavy atom. The van der Waals surface area contributed by atoms with E-state index in [1.165, 1.54) is 152 Å². The van der Waals surface area contributed by atoms with Crippen molar-refractivity contribution >= 4 is 158 Å². The van der Waals surface area contributed by atoms with Crippen molar-refractivity contribution in [3.05, 3.63) is 331 Å². The van der Waals surface area contributed by atoms with Crippen LogP contribution in [-0.2, 0) is 65.0 Å². The Bertz CT molecular complexity index is 9270.